The number of nitrogens with two attached hydrogens (primary N) is 1. The molecule has 1 rings (SSSR count). The maximum absolute atomic E-state index is 12.3. The molecule has 0 aromatic carbocycles. The Morgan fingerprint density at radius 1 is 1.38 bits per heavy atom. The molecule has 0 bridgehead atoms. The average molecular weight is 240 g/mol. The summed E-state index contributed by atoms with van der Waals surface area (Å²) in [7, 11) is 1.49. The number of nitrogens with zero attached hydrogens (tertiary/aromatic N) is 1. The Kier molecular flexibility index (Phi) is 5.01. The summed E-state index contributed by atoms with van der Waals surface area (Å²) < 4.78 is 42.0. The Morgan fingerprint density at radius 3 is 2.38 bits per heavy atom. The molecule has 0 amide bonds. The van der Waals surface area contributed by atoms with Gasteiger partial charge in [-0.3, -0.25) is 4.90 Å². The lowest BCUT2D eigenvalue weighted by atomic mass is 9.91. The van der Waals surface area contributed by atoms with Crippen molar-refractivity contribution in [2.24, 2.45) is 11.7 Å². The second-order valence-electron chi connectivity index (χ2n) is 4.28. The van der Waals surface area contributed by atoms with Gasteiger partial charge < -0.3 is 10.5 Å². The molecule has 6 heteroatoms. The molecule has 2 N–H and O–H groups in total. The van der Waals surface area contributed by atoms with Crippen LogP contribution in [-0.2, 0) is 4.74 Å². The van der Waals surface area contributed by atoms with Gasteiger partial charge in [-0.2, -0.15) is 13.2 Å². The van der Waals surface area contributed by atoms with E-state index in [1.54, 1.807) is 0 Å². The summed E-state index contributed by atoms with van der Waals surface area (Å²) in [6.45, 7) is 0.617. The maximum Gasteiger partial charge on any atom is 0.401 e. The molecule has 1 aliphatic rings. The molecule has 0 aromatic rings. The van der Waals surface area contributed by atoms with E-state index in [1.165, 1.54) is 11.9 Å². The molecular weight excluding hydrogens is 221 g/mol. The van der Waals surface area contributed by atoms with Crippen LogP contribution in [0.15, 0.2) is 0 Å². The zero-order valence-corrected chi connectivity index (χ0v) is 9.46. The fourth-order valence-electron chi connectivity index (χ4n) is 2.23. The van der Waals surface area contributed by atoms with E-state index < -0.39 is 12.7 Å². The van der Waals surface area contributed by atoms with E-state index in [-0.39, 0.29) is 18.5 Å². The molecule has 0 aliphatic carbocycles. The monoisotopic (exact) mass is 240 g/mol. The second kappa shape index (κ2) is 5.84. The SMILES string of the molecule is CN(CC(F)(F)F)C(CN)C1CCOCC1. The molecule has 1 saturated heterocycles. The third-order valence-electron chi connectivity index (χ3n) is 3.05. The van der Waals surface area contributed by atoms with Gasteiger partial charge >= 0.3 is 6.18 Å². The number of hydrogen-bond donors (Lipinski definition) is 1. The molecule has 1 aliphatic heterocycles. The summed E-state index contributed by atoms with van der Waals surface area (Å²) in [6.07, 6.45) is -2.57. The topological polar surface area (TPSA) is 38.5 Å². The zero-order chi connectivity index (χ0) is 12.2. The van der Waals surface area contributed by atoms with Crippen LogP contribution in [0.1, 0.15) is 12.8 Å². The van der Waals surface area contributed by atoms with Crippen LogP contribution >= 0.6 is 0 Å². The lowest BCUT2D eigenvalue weighted by Crippen LogP contribution is -2.48. The summed E-state index contributed by atoms with van der Waals surface area (Å²) >= 11 is 0. The van der Waals surface area contributed by atoms with Gasteiger partial charge in [-0.15, -0.1) is 0 Å². The summed E-state index contributed by atoms with van der Waals surface area (Å²) in [4.78, 5) is 1.32. The Balaban J connectivity index is 2.51. The number of ether oxygens (including phenoxy) is 1. The van der Waals surface area contributed by atoms with Crippen LogP contribution in [0.4, 0.5) is 13.2 Å². The molecule has 1 atom stereocenters. The van der Waals surface area contributed by atoms with Gasteiger partial charge in [0.2, 0.25) is 0 Å². The van der Waals surface area contributed by atoms with Gasteiger partial charge in [-0.1, -0.05) is 0 Å². The van der Waals surface area contributed by atoms with E-state index in [0.717, 1.165) is 12.8 Å². The van der Waals surface area contributed by atoms with Crippen molar-refractivity contribution in [3.8, 4) is 0 Å². The predicted molar refractivity (Wildman–Crippen MR) is 55.1 cm³/mol. The van der Waals surface area contributed by atoms with Crippen LogP contribution in [0.3, 0.4) is 0 Å². The highest BCUT2D eigenvalue weighted by molar-refractivity contribution is 4.81. The molecule has 96 valence electrons. The van der Waals surface area contributed by atoms with Crippen LogP contribution < -0.4 is 5.73 Å². The second-order valence-corrected chi connectivity index (χ2v) is 4.28. The third-order valence-corrected chi connectivity index (χ3v) is 3.05. The number of rotatable bonds is 4. The highest BCUT2D eigenvalue weighted by atomic mass is 19.4. The van der Waals surface area contributed by atoms with Crippen LogP contribution in [0.25, 0.3) is 0 Å². The summed E-state index contributed by atoms with van der Waals surface area (Å²) in [5.41, 5.74) is 5.57. The van der Waals surface area contributed by atoms with E-state index in [2.05, 4.69) is 0 Å². The first kappa shape index (κ1) is 13.7. The minimum absolute atomic E-state index is 0.203. The summed E-state index contributed by atoms with van der Waals surface area (Å²) in [6, 6.07) is -0.203. The molecule has 0 spiro atoms. The van der Waals surface area contributed by atoms with Crippen molar-refractivity contribution in [2.75, 3.05) is 33.4 Å². The third kappa shape index (κ3) is 4.27. The van der Waals surface area contributed by atoms with E-state index in [9.17, 15) is 13.2 Å². The highest BCUT2D eigenvalue weighted by Gasteiger charge is 2.34. The number of hydrogen-bond acceptors (Lipinski definition) is 3. The number of likely N-dealkylation sites (N-methyl/N-ethyl adjacent to an activating group) is 1. The molecule has 3 nitrogen and oxygen atoms in total. The first-order valence-corrected chi connectivity index (χ1v) is 5.49. The van der Waals surface area contributed by atoms with E-state index >= 15 is 0 Å². The maximum atomic E-state index is 12.3. The molecule has 0 aromatic heterocycles. The van der Waals surface area contributed by atoms with Crippen molar-refractivity contribution in [1.82, 2.24) is 4.90 Å². The van der Waals surface area contributed by atoms with Gasteiger partial charge in [0, 0.05) is 25.8 Å². The fraction of sp³-hybridized carbons (Fsp3) is 1.00. The van der Waals surface area contributed by atoms with Gasteiger partial charge in [0.25, 0.3) is 0 Å². The Labute approximate surface area is 93.7 Å². The van der Waals surface area contributed by atoms with Crippen molar-refractivity contribution in [3.63, 3.8) is 0 Å². The van der Waals surface area contributed by atoms with Crippen LogP contribution in [0, 0.1) is 5.92 Å². The quantitative estimate of drug-likeness (QED) is 0.803. The summed E-state index contributed by atoms with van der Waals surface area (Å²) in [5.74, 6) is 0.214. The predicted octanol–water partition coefficient (Wildman–Crippen LogP) is 1.23. The lowest BCUT2D eigenvalue weighted by molar-refractivity contribution is -0.150. The van der Waals surface area contributed by atoms with E-state index in [0.29, 0.717) is 13.2 Å². The smallest absolute Gasteiger partial charge is 0.381 e. The van der Waals surface area contributed by atoms with Crippen molar-refractivity contribution < 1.29 is 17.9 Å². The molecule has 1 heterocycles. The molecule has 16 heavy (non-hydrogen) atoms. The fourth-order valence-corrected chi connectivity index (χ4v) is 2.23. The zero-order valence-electron chi connectivity index (χ0n) is 9.46. The normalized spacial score (nSPS) is 21.4. The largest absolute Gasteiger partial charge is 0.401 e. The minimum atomic E-state index is -4.16. The van der Waals surface area contributed by atoms with Crippen LogP contribution in [-0.4, -0.2) is 50.5 Å². The lowest BCUT2D eigenvalue weighted by Gasteiger charge is -2.36. The molecule has 0 saturated carbocycles. The Morgan fingerprint density at radius 2 is 1.94 bits per heavy atom. The van der Waals surface area contributed by atoms with Gasteiger partial charge in [-0.05, 0) is 25.8 Å². The first-order valence-electron chi connectivity index (χ1n) is 5.49. The van der Waals surface area contributed by atoms with Crippen molar-refractivity contribution in [2.45, 2.75) is 25.1 Å². The standard InChI is InChI=1S/C10H19F3N2O/c1-15(7-10(11,12)13)9(6-14)8-2-4-16-5-3-8/h8-9H,2-7,14H2,1H3. The van der Waals surface area contributed by atoms with Crippen molar-refractivity contribution in [1.29, 1.82) is 0 Å². The minimum Gasteiger partial charge on any atom is -0.381 e. The summed E-state index contributed by atoms with van der Waals surface area (Å²) in [5, 5.41) is 0. The number of halogens is 3. The van der Waals surface area contributed by atoms with Gasteiger partial charge in [0.1, 0.15) is 0 Å². The van der Waals surface area contributed by atoms with E-state index in [1.807, 2.05) is 0 Å². The molecular formula is C10H19F3N2O. The average Bonchev–Trinajstić information content (AvgIpc) is 2.17. The number of alkyl halides is 3. The van der Waals surface area contributed by atoms with Crippen LogP contribution in [0.5, 0.6) is 0 Å². The molecule has 1 unspecified atom stereocenters. The van der Waals surface area contributed by atoms with Gasteiger partial charge in [-0.25, -0.2) is 0 Å². The van der Waals surface area contributed by atoms with Gasteiger partial charge in [0.15, 0.2) is 0 Å². The van der Waals surface area contributed by atoms with E-state index in [4.69, 9.17) is 10.5 Å². The highest BCUT2D eigenvalue weighted by Crippen LogP contribution is 2.24. The first-order chi connectivity index (χ1) is 7.44. The van der Waals surface area contributed by atoms with Gasteiger partial charge in [0.05, 0.1) is 6.54 Å². The Bertz CT molecular complexity index is 205. The molecule has 1 fully saturated rings. The molecule has 0 radical (unpaired) electrons. The Hall–Kier alpha value is -0.330. The van der Waals surface area contributed by atoms with Crippen molar-refractivity contribution in [3.05, 3.63) is 0 Å². The van der Waals surface area contributed by atoms with Crippen molar-refractivity contribution >= 4 is 0 Å². The van der Waals surface area contributed by atoms with Crippen LogP contribution in [0.2, 0.25) is 0 Å².